The smallest absolute Gasteiger partial charge is 0.252 e. The van der Waals surface area contributed by atoms with E-state index in [1.807, 2.05) is 13.0 Å². The Morgan fingerprint density at radius 1 is 1.59 bits per heavy atom. The molecule has 1 rings (SSSR count). The third-order valence-corrected chi connectivity index (χ3v) is 2.62. The Hall–Kier alpha value is -1.41. The average molecular weight is 299 g/mol. The fourth-order valence-electron chi connectivity index (χ4n) is 1.38. The Labute approximate surface area is 108 Å². The molecular weight excluding hydrogens is 287 g/mol. The maximum atomic E-state index is 13.1. The van der Waals surface area contributed by atoms with Gasteiger partial charge in [0.05, 0.1) is 6.07 Å². The van der Waals surface area contributed by atoms with Crippen LogP contribution in [-0.4, -0.2) is 11.9 Å². The number of carbonyl (C=O) groups is 1. The van der Waals surface area contributed by atoms with Crippen molar-refractivity contribution in [1.29, 1.82) is 5.26 Å². The van der Waals surface area contributed by atoms with Gasteiger partial charge in [0.15, 0.2) is 0 Å². The lowest BCUT2D eigenvalue weighted by atomic mass is 10.1. The van der Waals surface area contributed by atoms with E-state index in [1.54, 1.807) is 0 Å². The predicted molar refractivity (Wildman–Crippen MR) is 65.9 cm³/mol. The zero-order valence-corrected chi connectivity index (χ0v) is 10.9. The number of benzene rings is 1. The van der Waals surface area contributed by atoms with Crippen LogP contribution in [-0.2, 0) is 0 Å². The number of hydrogen-bond donors (Lipinski definition) is 1. The van der Waals surface area contributed by atoms with Crippen LogP contribution in [0.15, 0.2) is 22.7 Å². The van der Waals surface area contributed by atoms with Crippen molar-refractivity contribution < 1.29 is 9.18 Å². The van der Waals surface area contributed by atoms with Gasteiger partial charge in [0.1, 0.15) is 11.9 Å². The van der Waals surface area contributed by atoms with Crippen LogP contribution in [0.4, 0.5) is 4.39 Å². The molecule has 5 heteroatoms. The minimum absolute atomic E-state index is 0.202. The third kappa shape index (κ3) is 4.16. The van der Waals surface area contributed by atoms with Crippen molar-refractivity contribution >= 4 is 21.8 Å². The van der Waals surface area contributed by atoms with Gasteiger partial charge in [0.25, 0.3) is 5.91 Å². The molecule has 1 aromatic carbocycles. The Bertz CT molecular complexity index is 436. The van der Waals surface area contributed by atoms with Gasteiger partial charge in [0, 0.05) is 10.0 Å². The van der Waals surface area contributed by atoms with Gasteiger partial charge >= 0.3 is 0 Å². The van der Waals surface area contributed by atoms with E-state index in [4.69, 9.17) is 5.26 Å². The quantitative estimate of drug-likeness (QED) is 0.929. The average Bonchev–Trinajstić information content (AvgIpc) is 2.27. The standard InChI is InChI=1S/C12H12BrFN2O/c1-2-3-11(7-15)16-12(17)8-4-9(13)6-10(14)5-8/h4-6,11H,2-3H2,1H3,(H,16,17). The number of nitriles is 1. The van der Waals surface area contributed by atoms with Gasteiger partial charge in [-0.3, -0.25) is 4.79 Å². The van der Waals surface area contributed by atoms with Crippen LogP contribution >= 0.6 is 15.9 Å². The van der Waals surface area contributed by atoms with Crippen molar-refractivity contribution in [3.63, 3.8) is 0 Å². The lowest BCUT2D eigenvalue weighted by molar-refractivity contribution is 0.0943. The van der Waals surface area contributed by atoms with Gasteiger partial charge in [0.2, 0.25) is 0 Å². The molecule has 1 unspecified atom stereocenters. The minimum Gasteiger partial charge on any atom is -0.336 e. The molecule has 90 valence electrons. The molecular formula is C12H12BrFN2O. The molecule has 0 spiro atoms. The van der Waals surface area contributed by atoms with E-state index in [9.17, 15) is 9.18 Å². The van der Waals surface area contributed by atoms with Gasteiger partial charge in [-0.05, 0) is 24.6 Å². The SMILES string of the molecule is CCCC(C#N)NC(=O)c1cc(F)cc(Br)c1. The maximum Gasteiger partial charge on any atom is 0.252 e. The summed E-state index contributed by atoms with van der Waals surface area (Å²) in [6.07, 6.45) is 1.38. The molecule has 0 radical (unpaired) electrons. The summed E-state index contributed by atoms with van der Waals surface area (Å²) in [6, 6.07) is 5.38. The highest BCUT2D eigenvalue weighted by Gasteiger charge is 2.13. The van der Waals surface area contributed by atoms with E-state index in [0.717, 1.165) is 12.5 Å². The summed E-state index contributed by atoms with van der Waals surface area (Å²) in [5, 5.41) is 11.4. The van der Waals surface area contributed by atoms with Crippen LogP contribution < -0.4 is 5.32 Å². The Balaban J connectivity index is 2.79. The molecule has 0 bridgehead atoms. The van der Waals surface area contributed by atoms with Crippen LogP contribution in [0.2, 0.25) is 0 Å². The number of hydrogen-bond acceptors (Lipinski definition) is 2. The summed E-state index contributed by atoms with van der Waals surface area (Å²) in [5.74, 6) is -0.932. The summed E-state index contributed by atoms with van der Waals surface area (Å²) in [7, 11) is 0. The second kappa shape index (κ2) is 6.36. The van der Waals surface area contributed by atoms with E-state index in [2.05, 4.69) is 21.2 Å². The molecule has 0 saturated heterocycles. The molecule has 0 fully saturated rings. The Morgan fingerprint density at radius 2 is 2.29 bits per heavy atom. The zero-order valence-electron chi connectivity index (χ0n) is 9.34. The highest BCUT2D eigenvalue weighted by molar-refractivity contribution is 9.10. The maximum absolute atomic E-state index is 13.1. The van der Waals surface area contributed by atoms with Crippen LogP contribution in [0.1, 0.15) is 30.1 Å². The molecule has 0 aliphatic rings. The number of rotatable bonds is 4. The first-order valence-electron chi connectivity index (χ1n) is 5.23. The fraction of sp³-hybridized carbons (Fsp3) is 0.333. The highest BCUT2D eigenvalue weighted by Crippen LogP contribution is 2.15. The molecule has 1 aromatic rings. The number of carbonyl (C=O) groups excluding carboxylic acids is 1. The Morgan fingerprint density at radius 3 is 2.82 bits per heavy atom. The molecule has 17 heavy (non-hydrogen) atoms. The van der Waals surface area contributed by atoms with E-state index in [0.29, 0.717) is 10.9 Å². The van der Waals surface area contributed by atoms with Gasteiger partial charge in [-0.15, -0.1) is 0 Å². The van der Waals surface area contributed by atoms with Crippen LogP contribution in [0.3, 0.4) is 0 Å². The molecule has 0 aliphatic heterocycles. The summed E-state index contributed by atoms with van der Waals surface area (Å²) in [5.41, 5.74) is 0.202. The number of halogens is 2. The summed E-state index contributed by atoms with van der Waals surface area (Å²) < 4.78 is 13.6. The summed E-state index contributed by atoms with van der Waals surface area (Å²) in [6.45, 7) is 1.93. The van der Waals surface area contributed by atoms with Gasteiger partial charge in [-0.1, -0.05) is 29.3 Å². The number of amides is 1. The molecule has 3 nitrogen and oxygen atoms in total. The monoisotopic (exact) mass is 298 g/mol. The lowest BCUT2D eigenvalue weighted by Gasteiger charge is -2.10. The third-order valence-electron chi connectivity index (χ3n) is 2.16. The van der Waals surface area contributed by atoms with E-state index < -0.39 is 17.8 Å². The molecule has 0 aliphatic carbocycles. The number of nitrogens with zero attached hydrogens (tertiary/aromatic N) is 1. The first-order chi connectivity index (χ1) is 8.06. The highest BCUT2D eigenvalue weighted by atomic mass is 79.9. The Kier molecular flexibility index (Phi) is 5.11. The predicted octanol–water partition coefficient (Wildman–Crippen LogP) is 3.01. The van der Waals surface area contributed by atoms with E-state index in [-0.39, 0.29) is 5.56 Å². The van der Waals surface area contributed by atoms with E-state index in [1.165, 1.54) is 12.1 Å². The second-order valence-corrected chi connectivity index (χ2v) is 4.52. The molecule has 1 amide bonds. The topological polar surface area (TPSA) is 52.9 Å². The van der Waals surface area contributed by atoms with Crippen molar-refractivity contribution in [3.05, 3.63) is 34.1 Å². The molecule has 0 heterocycles. The first kappa shape index (κ1) is 13.7. The van der Waals surface area contributed by atoms with Gasteiger partial charge in [-0.2, -0.15) is 5.26 Å². The van der Waals surface area contributed by atoms with Crippen LogP contribution in [0.25, 0.3) is 0 Å². The normalized spacial score (nSPS) is 11.6. The summed E-state index contributed by atoms with van der Waals surface area (Å²) >= 11 is 3.11. The van der Waals surface area contributed by atoms with Crippen molar-refractivity contribution in [2.45, 2.75) is 25.8 Å². The molecule has 1 atom stereocenters. The summed E-state index contributed by atoms with van der Waals surface area (Å²) in [4.78, 5) is 11.7. The minimum atomic E-state index is -0.533. The zero-order chi connectivity index (χ0) is 12.8. The largest absolute Gasteiger partial charge is 0.336 e. The fourth-order valence-corrected chi connectivity index (χ4v) is 1.85. The van der Waals surface area contributed by atoms with Crippen LogP contribution in [0.5, 0.6) is 0 Å². The van der Waals surface area contributed by atoms with Crippen molar-refractivity contribution in [2.24, 2.45) is 0 Å². The van der Waals surface area contributed by atoms with Gasteiger partial charge < -0.3 is 5.32 Å². The van der Waals surface area contributed by atoms with Crippen LogP contribution in [0, 0.1) is 17.1 Å². The van der Waals surface area contributed by atoms with Crippen molar-refractivity contribution in [3.8, 4) is 6.07 Å². The first-order valence-corrected chi connectivity index (χ1v) is 6.02. The van der Waals surface area contributed by atoms with Gasteiger partial charge in [-0.25, -0.2) is 4.39 Å². The molecule has 1 N–H and O–H groups in total. The van der Waals surface area contributed by atoms with E-state index >= 15 is 0 Å². The van der Waals surface area contributed by atoms with Crippen molar-refractivity contribution in [1.82, 2.24) is 5.32 Å². The lowest BCUT2D eigenvalue weighted by Crippen LogP contribution is -2.33. The molecule has 0 saturated carbocycles. The second-order valence-electron chi connectivity index (χ2n) is 3.60. The number of nitrogens with one attached hydrogen (secondary N) is 1. The van der Waals surface area contributed by atoms with Crippen molar-refractivity contribution in [2.75, 3.05) is 0 Å². The molecule has 0 aromatic heterocycles.